The Balaban J connectivity index is 1.58. The zero-order valence-electron chi connectivity index (χ0n) is 17.9. The number of ketones is 1. The fourth-order valence-corrected chi connectivity index (χ4v) is 4.12. The number of hydrogen-bond acceptors (Lipinski definition) is 6. The normalized spacial score (nSPS) is 11.4. The molecule has 0 saturated heterocycles. The van der Waals surface area contributed by atoms with Crippen molar-refractivity contribution < 1.29 is 19.1 Å². The number of Topliss-reactive ketones (excluding diaryl/α,β-unsaturated/α-hetero) is 1. The third kappa shape index (κ3) is 5.70. The number of hydrazone groups is 1. The first kappa shape index (κ1) is 22.5. The van der Waals surface area contributed by atoms with Crippen molar-refractivity contribution in [2.75, 3.05) is 13.2 Å². The number of thiophene rings is 1. The third-order valence-corrected chi connectivity index (χ3v) is 5.63. The summed E-state index contributed by atoms with van der Waals surface area (Å²) in [4.78, 5) is 24.7. The molecule has 0 unspecified atom stereocenters. The van der Waals surface area contributed by atoms with Crippen molar-refractivity contribution in [3.63, 3.8) is 0 Å². The maximum atomic E-state index is 12.5. The first-order valence-electron chi connectivity index (χ1n) is 10.3. The predicted octanol–water partition coefficient (Wildman–Crippen LogP) is 5.20. The summed E-state index contributed by atoms with van der Waals surface area (Å²) in [6, 6.07) is 13.1. The number of carbonyl (C=O) groups is 2. The van der Waals surface area contributed by atoms with Crippen LogP contribution in [-0.4, -0.2) is 30.6 Å². The van der Waals surface area contributed by atoms with Crippen LogP contribution < -0.4 is 14.9 Å². The summed E-state index contributed by atoms with van der Waals surface area (Å²) in [5.74, 6) is 0.694. The Morgan fingerprint density at radius 2 is 1.74 bits per heavy atom. The number of hydrogen-bond donors (Lipinski definition) is 1. The maximum Gasteiger partial charge on any atom is 0.240 e. The molecule has 0 aliphatic heterocycles. The molecule has 2 aromatic carbocycles. The van der Waals surface area contributed by atoms with Crippen LogP contribution in [0, 0.1) is 0 Å². The lowest BCUT2D eigenvalue weighted by Gasteiger charge is -2.12. The van der Waals surface area contributed by atoms with E-state index in [9.17, 15) is 9.59 Å². The van der Waals surface area contributed by atoms with Crippen molar-refractivity contribution in [3.05, 3.63) is 59.0 Å². The van der Waals surface area contributed by atoms with Crippen LogP contribution in [0.2, 0.25) is 0 Å². The molecule has 1 N–H and O–H groups in total. The quantitative estimate of drug-likeness (QED) is 0.268. The summed E-state index contributed by atoms with van der Waals surface area (Å²) in [7, 11) is 0. The lowest BCUT2D eigenvalue weighted by molar-refractivity contribution is -0.121. The van der Waals surface area contributed by atoms with Crippen molar-refractivity contribution in [1.82, 2.24) is 5.43 Å². The van der Waals surface area contributed by atoms with Crippen LogP contribution in [0.5, 0.6) is 11.5 Å². The van der Waals surface area contributed by atoms with Crippen molar-refractivity contribution in [1.29, 1.82) is 0 Å². The van der Waals surface area contributed by atoms with Crippen molar-refractivity contribution >= 4 is 38.8 Å². The van der Waals surface area contributed by atoms with Crippen LogP contribution in [0.3, 0.4) is 0 Å². The van der Waals surface area contributed by atoms with E-state index in [2.05, 4.69) is 16.6 Å². The molecule has 0 radical (unpaired) electrons. The van der Waals surface area contributed by atoms with Crippen LogP contribution in [0.25, 0.3) is 10.1 Å². The topological polar surface area (TPSA) is 77.0 Å². The average Bonchev–Trinajstić information content (AvgIpc) is 3.21. The van der Waals surface area contributed by atoms with Gasteiger partial charge in [0.05, 0.1) is 18.9 Å². The van der Waals surface area contributed by atoms with Gasteiger partial charge in [-0.25, -0.2) is 5.43 Å². The molecular formula is C24H26N2O4S. The van der Waals surface area contributed by atoms with Crippen LogP contribution in [0.15, 0.2) is 52.9 Å². The van der Waals surface area contributed by atoms with Gasteiger partial charge < -0.3 is 9.47 Å². The van der Waals surface area contributed by atoms with Crippen LogP contribution in [-0.2, 0) is 4.79 Å². The lowest BCUT2D eigenvalue weighted by Crippen LogP contribution is -2.20. The van der Waals surface area contributed by atoms with Crippen LogP contribution in [0.4, 0.5) is 0 Å². The summed E-state index contributed by atoms with van der Waals surface area (Å²) in [5, 5.41) is 7.35. The number of fused-ring (bicyclic) bond motifs is 1. The summed E-state index contributed by atoms with van der Waals surface area (Å²) in [6.07, 6.45) is 0.137. The van der Waals surface area contributed by atoms with E-state index >= 15 is 0 Å². The molecule has 31 heavy (non-hydrogen) atoms. The largest absolute Gasteiger partial charge is 0.490 e. The van der Waals surface area contributed by atoms with Gasteiger partial charge >= 0.3 is 0 Å². The Bertz CT molecular complexity index is 1100. The monoisotopic (exact) mass is 438 g/mol. The minimum absolute atomic E-state index is 0.0528. The fraction of sp³-hybridized carbons (Fsp3) is 0.292. The van der Waals surface area contributed by atoms with Gasteiger partial charge in [-0.15, -0.1) is 11.3 Å². The molecule has 0 bridgehead atoms. The van der Waals surface area contributed by atoms with Gasteiger partial charge in [0.2, 0.25) is 5.91 Å². The molecule has 0 spiro atoms. The maximum absolute atomic E-state index is 12.5. The number of amides is 1. The number of nitrogens with zero attached hydrogens (tertiary/aromatic N) is 1. The minimum Gasteiger partial charge on any atom is -0.490 e. The molecule has 0 aliphatic carbocycles. The molecule has 0 saturated carbocycles. The van der Waals surface area contributed by atoms with Gasteiger partial charge in [-0.05, 0) is 45.0 Å². The van der Waals surface area contributed by atoms with Crippen LogP contribution in [0.1, 0.15) is 49.5 Å². The molecule has 1 aromatic heterocycles. The number of benzene rings is 2. The highest BCUT2D eigenvalue weighted by Crippen LogP contribution is 2.29. The highest BCUT2D eigenvalue weighted by Gasteiger charge is 2.13. The summed E-state index contributed by atoms with van der Waals surface area (Å²) in [6.45, 7) is 6.59. The Labute approximate surface area is 185 Å². The first-order valence-corrected chi connectivity index (χ1v) is 11.1. The Kier molecular flexibility index (Phi) is 7.78. The SMILES string of the molecule is CCOc1ccc(C(=O)CCC(=O)N/N=C(\C)c2csc3ccccc23)cc1OCC. The number of ether oxygens (including phenoxy) is 2. The van der Waals surface area contributed by atoms with Gasteiger partial charge in [-0.1, -0.05) is 18.2 Å². The predicted molar refractivity (Wildman–Crippen MR) is 125 cm³/mol. The summed E-state index contributed by atoms with van der Waals surface area (Å²) < 4.78 is 12.3. The Morgan fingerprint density at radius 3 is 2.52 bits per heavy atom. The zero-order chi connectivity index (χ0) is 22.2. The second kappa shape index (κ2) is 10.7. The van der Waals surface area contributed by atoms with Gasteiger partial charge in [0, 0.05) is 39.4 Å². The highest BCUT2D eigenvalue weighted by atomic mass is 32.1. The molecule has 0 atom stereocenters. The van der Waals surface area contributed by atoms with Gasteiger partial charge in [0.25, 0.3) is 0 Å². The van der Waals surface area contributed by atoms with Gasteiger partial charge in [-0.2, -0.15) is 5.10 Å². The lowest BCUT2D eigenvalue weighted by atomic mass is 10.1. The zero-order valence-corrected chi connectivity index (χ0v) is 18.8. The van der Waals surface area contributed by atoms with E-state index in [0.29, 0.717) is 30.3 Å². The number of nitrogens with one attached hydrogen (secondary N) is 1. The molecule has 3 aromatic rings. The van der Waals surface area contributed by atoms with E-state index in [4.69, 9.17) is 9.47 Å². The molecule has 3 rings (SSSR count). The Morgan fingerprint density at radius 1 is 1.00 bits per heavy atom. The van der Waals surface area contributed by atoms with Crippen molar-refractivity contribution in [2.45, 2.75) is 33.6 Å². The smallest absolute Gasteiger partial charge is 0.240 e. The van der Waals surface area contributed by atoms with Gasteiger partial charge in [0.1, 0.15) is 0 Å². The molecule has 6 nitrogen and oxygen atoms in total. The fourth-order valence-electron chi connectivity index (χ4n) is 3.12. The molecule has 0 aliphatic rings. The standard InChI is InChI=1S/C24H26N2O4S/c1-4-29-21-12-10-17(14-22(21)30-5-2)20(27)11-13-24(28)26-25-16(3)19-15-31-23-9-7-6-8-18(19)23/h6-10,12,14-15H,4-5,11,13H2,1-3H3,(H,26,28)/b25-16+. The third-order valence-electron chi connectivity index (χ3n) is 4.66. The number of rotatable bonds is 10. The second-order valence-corrected chi connectivity index (χ2v) is 7.74. The van der Waals surface area contributed by atoms with E-state index < -0.39 is 0 Å². The van der Waals surface area contributed by atoms with Gasteiger partial charge in [0.15, 0.2) is 17.3 Å². The van der Waals surface area contributed by atoms with E-state index in [0.717, 1.165) is 16.7 Å². The molecule has 0 fully saturated rings. The molecule has 1 amide bonds. The molecular weight excluding hydrogens is 412 g/mol. The van der Waals surface area contributed by atoms with E-state index in [1.54, 1.807) is 29.5 Å². The Hall–Kier alpha value is -3.19. The summed E-state index contributed by atoms with van der Waals surface area (Å²) >= 11 is 1.64. The van der Waals surface area contributed by atoms with E-state index in [1.807, 2.05) is 44.4 Å². The van der Waals surface area contributed by atoms with E-state index in [-0.39, 0.29) is 24.5 Å². The van der Waals surface area contributed by atoms with E-state index in [1.165, 1.54) is 4.70 Å². The minimum atomic E-state index is -0.303. The molecule has 162 valence electrons. The number of carbonyl (C=O) groups excluding carboxylic acids is 2. The van der Waals surface area contributed by atoms with Gasteiger partial charge in [-0.3, -0.25) is 9.59 Å². The highest BCUT2D eigenvalue weighted by molar-refractivity contribution is 7.17. The van der Waals surface area contributed by atoms with Crippen molar-refractivity contribution in [3.8, 4) is 11.5 Å². The first-order chi connectivity index (χ1) is 15.0. The average molecular weight is 439 g/mol. The second-order valence-electron chi connectivity index (χ2n) is 6.83. The summed E-state index contributed by atoms with van der Waals surface area (Å²) in [5.41, 5.74) is 4.77. The molecule has 7 heteroatoms. The van der Waals surface area contributed by atoms with Crippen molar-refractivity contribution in [2.24, 2.45) is 5.10 Å². The molecule has 1 heterocycles. The van der Waals surface area contributed by atoms with Crippen LogP contribution >= 0.6 is 11.3 Å².